The number of esters is 1. The maximum absolute atomic E-state index is 13.1. The molecule has 4 fully saturated rings. The highest BCUT2D eigenvalue weighted by molar-refractivity contribution is 6.59. The summed E-state index contributed by atoms with van der Waals surface area (Å²) < 4.78 is 4.75. The average Bonchev–Trinajstić information content (AvgIpc) is 1.35. The monoisotopic (exact) mass is 1320 g/mol. The normalized spacial score (nSPS) is 23.8. The van der Waals surface area contributed by atoms with E-state index in [0.717, 1.165) is 43.9 Å². The van der Waals surface area contributed by atoms with Gasteiger partial charge in [-0.15, -0.1) is 0 Å². The number of carbonyl (C=O) groups excluding carboxylic acids is 7. The van der Waals surface area contributed by atoms with Crippen molar-refractivity contribution in [2.75, 3.05) is 47.4 Å². The Kier molecular flexibility index (Phi) is 31.8. The van der Waals surface area contributed by atoms with E-state index in [4.69, 9.17) is 20.5 Å². The van der Waals surface area contributed by atoms with Crippen LogP contribution in [0.3, 0.4) is 0 Å². The van der Waals surface area contributed by atoms with E-state index in [0.29, 0.717) is 73.3 Å². The second-order valence-corrected chi connectivity index (χ2v) is 26.7. The molecule has 4 saturated carbocycles. The van der Waals surface area contributed by atoms with E-state index >= 15 is 0 Å². The number of aliphatic carboxylic acids is 2. The number of hydrogen-bond donors (Lipinski definition) is 16. The molecule has 522 valence electrons. The fourth-order valence-corrected chi connectivity index (χ4v) is 15.3. The summed E-state index contributed by atoms with van der Waals surface area (Å²) in [5, 5.41) is 88.2. The van der Waals surface area contributed by atoms with Gasteiger partial charge in [-0.1, -0.05) is 51.5 Å². The highest BCUT2D eigenvalue weighted by atomic mass is 16.5. The SMILES string of the molecule is CNC(CCCCN)C(=O)NC(CCNC(=O)c1ccc(B(O)O)cc1)C(=O)OC.CNC(CCCCNC(=O)CCC(NC(=O)CCC(C)C1CCC2C3CC[C@H]4C[C@@H](O)CC[C@@]4(C)C3CC[C@@]12C)C(=O)O)C(=O)NC(CCNC(=O)c1ccc(B(O)O)cc1)C(=O)O. The van der Waals surface area contributed by atoms with Crippen molar-refractivity contribution in [1.82, 2.24) is 42.5 Å². The number of fused-ring (bicyclic) bond motifs is 5. The third-order valence-electron chi connectivity index (χ3n) is 20.8. The van der Waals surface area contributed by atoms with Crippen LogP contribution in [-0.4, -0.2) is 187 Å². The summed E-state index contributed by atoms with van der Waals surface area (Å²) >= 11 is 0. The predicted octanol–water partition coefficient (Wildman–Crippen LogP) is 0.577. The predicted molar refractivity (Wildman–Crippen MR) is 354 cm³/mol. The van der Waals surface area contributed by atoms with Gasteiger partial charge in [0.25, 0.3) is 11.8 Å². The van der Waals surface area contributed by atoms with E-state index in [1.54, 1.807) is 14.1 Å². The Morgan fingerprint density at radius 1 is 0.564 bits per heavy atom. The smallest absolute Gasteiger partial charge is 0.480 e. The topological polar surface area (TPSA) is 427 Å². The number of rotatable bonds is 36. The van der Waals surface area contributed by atoms with Crippen LogP contribution in [0.1, 0.15) is 176 Å². The maximum atomic E-state index is 13.1. The van der Waals surface area contributed by atoms with Gasteiger partial charge in [-0.3, -0.25) is 28.8 Å². The molecular weight excluding hydrogens is 1210 g/mol. The molecule has 94 heavy (non-hydrogen) atoms. The largest absolute Gasteiger partial charge is 0.488 e. The van der Waals surface area contributed by atoms with Crippen molar-refractivity contribution in [3.05, 3.63) is 59.7 Å². The quantitative estimate of drug-likeness (QED) is 0.0252. The first-order chi connectivity index (χ1) is 44.7. The maximum Gasteiger partial charge on any atom is 0.488 e. The Morgan fingerprint density at radius 3 is 1.59 bits per heavy atom. The van der Waals surface area contributed by atoms with Gasteiger partial charge in [0, 0.05) is 43.6 Å². The van der Waals surface area contributed by atoms with Crippen molar-refractivity contribution in [3.8, 4) is 0 Å². The van der Waals surface area contributed by atoms with Gasteiger partial charge in [0.1, 0.15) is 18.1 Å². The third-order valence-corrected chi connectivity index (χ3v) is 20.8. The Hall–Kier alpha value is -6.52. The summed E-state index contributed by atoms with van der Waals surface area (Å²) in [5.41, 5.74) is 7.11. The van der Waals surface area contributed by atoms with Gasteiger partial charge in [0.05, 0.1) is 25.3 Å². The standard InChI is InChI=1S/C47H74BN5O11.C19H31BN4O6/c1-28(34-15-16-35-33-14-11-30-27-32(54)20-23-46(30,2)36(33)21-24-47(34,35)3)8-18-41(56)52-38(44(59)60)17-19-40(55)50-25-6-5-7-37(49-4)43(58)53-39(45(61)62)22-26-51-42(57)29-9-12-31(13-10-29)48(63)64;1-22-15(5-3-4-11-21)18(26)24-16(19(27)30-2)10-12-23-17(25)13-6-8-14(9-7-13)20(28)29/h9-10,12-13,28,30,32-39,49,54,63-64H,5-8,11,14-27H2,1-4H3,(H,50,55)(H,51,57)(H,52,56)(H,53,58)(H,59,60)(H,61,62);6-9,15-16,22,28-29H,3-5,10-12,21H2,1-2H3,(H,23,25)(H,24,26)/t28?,30-,32-,33?,34?,35?,36?,37?,38?,39?,46+,47-;/m0./s1. The molecule has 0 aliphatic heterocycles. The number of nitrogens with two attached hydrogens (primary N) is 1. The van der Waals surface area contributed by atoms with Gasteiger partial charge >= 0.3 is 32.1 Å². The van der Waals surface area contributed by atoms with Gasteiger partial charge in [-0.25, -0.2) is 14.4 Å². The number of benzene rings is 2. The van der Waals surface area contributed by atoms with Crippen LogP contribution < -0.4 is 59.2 Å². The third kappa shape index (κ3) is 22.5. The van der Waals surface area contributed by atoms with Crippen molar-refractivity contribution < 1.29 is 83.3 Å². The number of unbranched alkanes of at least 4 members (excludes halogenated alkanes) is 2. The van der Waals surface area contributed by atoms with Crippen LogP contribution in [0, 0.1) is 46.3 Å². The second-order valence-electron chi connectivity index (χ2n) is 26.7. The van der Waals surface area contributed by atoms with Gasteiger partial charge in [-0.05, 0) is 218 Å². The number of aliphatic hydroxyl groups excluding tert-OH is 1. The van der Waals surface area contributed by atoms with Crippen molar-refractivity contribution in [2.45, 2.75) is 192 Å². The van der Waals surface area contributed by atoms with Crippen LogP contribution in [0.5, 0.6) is 0 Å². The van der Waals surface area contributed by atoms with Crippen LogP contribution in [0.4, 0.5) is 0 Å². The molecule has 14 atom stereocenters. The van der Waals surface area contributed by atoms with Gasteiger partial charge in [0.15, 0.2) is 0 Å². The van der Waals surface area contributed by atoms with Crippen molar-refractivity contribution >= 4 is 78.5 Å². The average molecular weight is 1320 g/mol. The molecule has 0 bridgehead atoms. The number of carboxylic acids is 2. The summed E-state index contributed by atoms with van der Waals surface area (Å²) in [7, 11) is 1.19. The zero-order chi connectivity index (χ0) is 69.3. The minimum Gasteiger partial charge on any atom is -0.480 e. The highest BCUT2D eigenvalue weighted by Gasteiger charge is 2.60. The number of methoxy groups -OCH3 is 1. The van der Waals surface area contributed by atoms with Crippen molar-refractivity contribution in [1.29, 1.82) is 0 Å². The molecule has 6 amide bonds. The molecule has 28 heteroatoms. The number of amides is 6. The molecule has 0 radical (unpaired) electrons. The number of likely N-dealkylation sites (N-methyl/N-ethyl adjacent to an activating group) is 2. The fraction of sp³-hybridized carbons (Fsp3) is 0.682. The van der Waals surface area contributed by atoms with Gasteiger partial charge in [-0.2, -0.15) is 0 Å². The minimum absolute atomic E-state index is 0.0425. The van der Waals surface area contributed by atoms with E-state index in [1.807, 2.05) is 0 Å². The van der Waals surface area contributed by atoms with E-state index in [9.17, 15) is 68.5 Å². The molecular formula is C66H105B2N9O17. The molecule has 4 aliphatic carbocycles. The number of aliphatic hydroxyl groups is 1. The van der Waals surface area contributed by atoms with Crippen LogP contribution in [-0.2, 0) is 38.3 Å². The van der Waals surface area contributed by atoms with Crippen LogP contribution in [0.15, 0.2) is 48.5 Å². The molecule has 4 aliphatic rings. The number of carbonyl (C=O) groups is 9. The Morgan fingerprint density at radius 2 is 1.06 bits per heavy atom. The Labute approximate surface area is 553 Å². The fourth-order valence-electron chi connectivity index (χ4n) is 15.3. The lowest BCUT2D eigenvalue weighted by molar-refractivity contribution is -0.145. The molecule has 0 saturated heterocycles. The lowest BCUT2D eigenvalue weighted by Crippen LogP contribution is -2.54. The van der Waals surface area contributed by atoms with Gasteiger partial charge in [0.2, 0.25) is 23.6 Å². The van der Waals surface area contributed by atoms with Crippen LogP contribution in [0.2, 0.25) is 0 Å². The first-order valence-electron chi connectivity index (χ1n) is 33.6. The number of hydrogen-bond acceptors (Lipinski definition) is 18. The first kappa shape index (κ1) is 78.2. The lowest BCUT2D eigenvalue weighted by atomic mass is 9.44. The molecule has 2 aromatic carbocycles. The zero-order valence-corrected chi connectivity index (χ0v) is 55.7. The van der Waals surface area contributed by atoms with E-state index < -0.39 is 74.2 Å². The summed E-state index contributed by atoms with van der Waals surface area (Å²) in [5.74, 6) is -1.81. The molecule has 6 rings (SSSR count). The number of nitrogens with one attached hydrogen (secondary N) is 8. The first-order valence-corrected chi connectivity index (χ1v) is 33.6. The van der Waals surface area contributed by atoms with Crippen LogP contribution in [0.25, 0.3) is 0 Å². The van der Waals surface area contributed by atoms with E-state index in [-0.39, 0.29) is 103 Å². The molecule has 0 heterocycles. The summed E-state index contributed by atoms with van der Waals surface area (Å²) in [6, 6.07) is 6.84. The number of carboxylic acid groups (broad SMARTS) is 2. The molecule has 17 N–H and O–H groups in total. The minimum atomic E-state index is -1.67. The summed E-state index contributed by atoms with van der Waals surface area (Å²) in [6.07, 6.45) is 14.6. The Balaban J connectivity index is 0.000000447. The molecule has 10 unspecified atom stereocenters. The molecule has 0 spiro atoms. The zero-order valence-electron chi connectivity index (χ0n) is 55.7. The van der Waals surface area contributed by atoms with Crippen molar-refractivity contribution in [2.24, 2.45) is 52.1 Å². The highest BCUT2D eigenvalue weighted by Crippen LogP contribution is 2.68. The van der Waals surface area contributed by atoms with E-state index in [2.05, 4.69) is 63.3 Å². The molecule has 0 aromatic heterocycles. The van der Waals surface area contributed by atoms with E-state index in [1.165, 1.54) is 94.2 Å². The summed E-state index contributed by atoms with van der Waals surface area (Å²) in [4.78, 5) is 112. The van der Waals surface area contributed by atoms with Crippen molar-refractivity contribution in [3.63, 3.8) is 0 Å². The van der Waals surface area contributed by atoms with Gasteiger partial charge < -0.3 is 88.4 Å². The lowest BCUT2D eigenvalue weighted by Gasteiger charge is -2.61. The second kappa shape index (κ2) is 38.3. The molecule has 26 nitrogen and oxygen atoms in total. The number of ether oxygens (including phenoxy) is 1. The summed E-state index contributed by atoms with van der Waals surface area (Å²) in [6.45, 7) is 8.18. The Bertz CT molecular complexity index is 2810. The molecule has 2 aromatic rings. The van der Waals surface area contributed by atoms with Crippen LogP contribution >= 0.6 is 0 Å².